The van der Waals surface area contributed by atoms with E-state index >= 15 is 0 Å². The van der Waals surface area contributed by atoms with Gasteiger partial charge in [0.2, 0.25) is 0 Å². The largest absolute Gasteiger partial charge is 0.484 e. The third-order valence-corrected chi connectivity index (χ3v) is 4.12. The standard InChI is InChI=1S/C17H19ClN4O2/c18-14-4-1-5-15(12-14)24-13-17(23)22-9-3-8-21(10-11-22)16-6-2-7-19-20-16/h1-2,4-7,12H,3,8-11,13H2. The van der Waals surface area contributed by atoms with Gasteiger partial charge in [-0.15, -0.1) is 5.10 Å². The zero-order valence-electron chi connectivity index (χ0n) is 13.3. The number of aromatic nitrogens is 2. The molecule has 1 saturated heterocycles. The van der Waals surface area contributed by atoms with Crippen LogP contribution in [0.2, 0.25) is 5.02 Å². The molecule has 1 amide bonds. The lowest BCUT2D eigenvalue weighted by atomic mass is 10.3. The highest BCUT2D eigenvalue weighted by Gasteiger charge is 2.20. The van der Waals surface area contributed by atoms with E-state index in [0.29, 0.717) is 23.9 Å². The Kier molecular flexibility index (Phi) is 5.48. The van der Waals surface area contributed by atoms with Gasteiger partial charge in [0, 0.05) is 37.4 Å². The van der Waals surface area contributed by atoms with Crippen molar-refractivity contribution in [1.29, 1.82) is 0 Å². The van der Waals surface area contributed by atoms with E-state index in [0.717, 1.165) is 25.3 Å². The maximum Gasteiger partial charge on any atom is 0.260 e. The second-order valence-electron chi connectivity index (χ2n) is 5.55. The smallest absolute Gasteiger partial charge is 0.260 e. The molecular weight excluding hydrogens is 328 g/mol. The number of hydrogen-bond acceptors (Lipinski definition) is 5. The maximum atomic E-state index is 12.4. The zero-order valence-corrected chi connectivity index (χ0v) is 14.0. The van der Waals surface area contributed by atoms with Crippen molar-refractivity contribution >= 4 is 23.3 Å². The van der Waals surface area contributed by atoms with Gasteiger partial charge in [0.05, 0.1) is 0 Å². The van der Waals surface area contributed by atoms with Crippen molar-refractivity contribution in [2.24, 2.45) is 0 Å². The van der Waals surface area contributed by atoms with Crippen LogP contribution in [-0.2, 0) is 4.79 Å². The fourth-order valence-electron chi connectivity index (χ4n) is 2.65. The van der Waals surface area contributed by atoms with Crippen LogP contribution in [0, 0.1) is 0 Å². The number of carbonyl (C=O) groups is 1. The normalized spacial score (nSPS) is 15.0. The molecule has 3 rings (SSSR count). The number of benzene rings is 1. The van der Waals surface area contributed by atoms with Crippen LogP contribution >= 0.6 is 11.6 Å². The highest BCUT2D eigenvalue weighted by atomic mass is 35.5. The predicted octanol–water partition coefficient (Wildman–Crippen LogP) is 2.25. The van der Waals surface area contributed by atoms with Crippen molar-refractivity contribution in [2.75, 3.05) is 37.7 Å². The van der Waals surface area contributed by atoms with Gasteiger partial charge < -0.3 is 14.5 Å². The van der Waals surface area contributed by atoms with Crippen molar-refractivity contribution in [1.82, 2.24) is 15.1 Å². The summed E-state index contributed by atoms with van der Waals surface area (Å²) >= 11 is 5.91. The van der Waals surface area contributed by atoms with Crippen molar-refractivity contribution in [3.63, 3.8) is 0 Å². The van der Waals surface area contributed by atoms with E-state index in [4.69, 9.17) is 16.3 Å². The molecule has 2 aromatic rings. The summed E-state index contributed by atoms with van der Waals surface area (Å²) in [4.78, 5) is 16.4. The Labute approximate surface area is 146 Å². The van der Waals surface area contributed by atoms with E-state index in [2.05, 4.69) is 15.1 Å². The molecule has 0 N–H and O–H groups in total. The number of amides is 1. The van der Waals surface area contributed by atoms with Crippen LogP contribution < -0.4 is 9.64 Å². The molecule has 0 aliphatic carbocycles. The minimum absolute atomic E-state index is 0.0176. The molecule has 0 radical (unpaired) electrons. The maximum absolute atomic E-state index is 12.4. The van der Waals surface area contributed by atoms with Gasteiger partial charge in [-0.25, -0.2) is 0 Å². The second-order valence-corrected chi connectivity index (χ2v) is 5.99. The molecule has 7 heteroatoms. The molecule has 1 fully saturated rings. The molecule has 126 valence electrons. The first-order valence-corrected chi connectivity index (χ1v) is 8.29. The van der Waals surface area contributed by atoms with Crippen molar-refractivity contribution < 1.29 is 9.53 Å². The van der Waals surface area contributed by atoms with Crippen LogP contribution in [-0.4, -0.2) is 53.8 Å². The summed E-state index contributed by atoms with van der Waals surface area (Å²) in [6.07, 6.45) is 2.55. The fraction of sp³-hybridized carbons (Fsp3) is 0.353. The number of halogens is 1. The highest BCUT2D eigenvalue weighted by molar-refractivity contribution is 6.30. The lowest BCUT2D eigenvalue weighted by Gasteiger charge is -2.22. The molecule has 1 aromatic heterocycles. The number of carbonyl (C=O) groups excluding carboxylic acids is 1. The summed E-state index contributed by atoms with van der Waals surface area (Å²) in [7, 11) is 0. The Morgan fingerprint density at radius 3 is 2.88 bits per heavy atom. The SMILES string of the molecule is O=C(COc1cccc(Cl)c1)N1CCCN(c2cccnn2)CC1. The minimum atomic E-state index is -0.0176. The van der Waals surface area contributed by atoms with Crippen molar-refractivity contribution in [2.45, 2.75) is 6.42 Å². The van der Waals surface area contributed by atoms with Gasteiger partial charge >= 0.3 is 0 Å². The zero-order chi connectivity index (χ0) is 16.8. The predicted molar refractivity (Wildman–Crippen MR) is 92.4 cm³/mol. The molecule has 0 unspecified atom stereocenters. The molecule has 0 atom stereocenters. The van der Waals surface area contributed by atoms with Crippen LogP contribution in [0.25, 0.3) is 0 Å². The van der Waals surface area contributed by atoms with Gasteiger partial charge in [0.15, 0.2) is 12.4 Å². The van der Waals surface area contributed by atoms with E-state index < -0.39 is 0 Å². The fourth-order valence-corrected chi connectivity index (χ4v) is 2.83. The van der Waals surface area contributed by atoms with E-state index in [1.54, 1.807) is 30.5 Å². The number of anilines is 1. The van der Waals surface area contributed by atoms with E-state index in [1.165, 1.54) is 0 Å². The summed E-state index contributed by atoms with van der Waals surface area (Å²) in [5.41, 5.74) is 0. The third kappa shape index (κ3) is 4.35. The molecule has 1 aliphatic rings. The summed E-state index contributed by atoms with van der Waals surface area (Å²) < 4.78 is 5.54. The summed E-state index contributed by atoms with van der Waals surface area (Å²) in [6.45, 7) is 2.98. The summed E-state index contributed by atoms with van der Waals surface area (Å²) in [5.74, 6) is 1.44. The lowest BCUT2D eigenvalue weighted by Crippen LogP contribution is -2.38. The first-order chi connectivity index (χ1) is 11.7. The summed E-state index contributed by atoms with van der Waals surface area (Å²) in [5, 5.41) is 8.64. The van der Waals surface area contributed by atoms with E-state index in [-0.39, 0.29) is 12.5 Å². The molecule has 24 heavy (non-hydrogen) atoms. The Morgan fingerprint density at radius 1 is 1.17 bits per heavy atom. The first-order valence-electron chi connectivity index (χ1n) is 7.91. The van der Waals surface area contributed by atoms with Crippen LogP contribution in [0.1, 0.15) is 6.42 Å². The second kappa shape index (κ2) is 7.97. The van der Waals surface area contributed by atoms with Crippen LogP contribution in [0.15, 0.2) is 42.6 Å². The Bertz CT molecular complexity index is 683. The lowest BCUT2D eigenvalue weighted by molar-refractivity contribution is -0.133. The van der Waals surface area contributed by atoms with E-state index in [1.807, 2.05) is 17.0 Å². The molecule has 2 heterocycles. The van der Waals surface area contributed by atoms with Crippen LogP contribution in [0.3, 0.4) is 0 Å². The minimum Gasteiger partial charge on any atom is -0.484 e. The Balaban J connectivity index is 1.53. The van der Waals surface area contributed by atoms with E-state index in [9.17, 15) is 4.79 Å². The van der Waals surface area contributed by atoms with Crippen LogP contribution in [0.5, 0.6) is 5.75 Å². The van der Waals surface area contributed by atoms with Gasteiger partial charge in [0.25, 0.3) is 5.91 Å². The van der Waals surface area contributed by atoms with Crippen molar-refractivity contribution in [3.05, 3.63) is 47.6 Å². The molecular formula is C17H19ClN4O2. The highest BCUT2D eigenvalue weighted by Crippen LogP contribution is 2.17. The van der Waals surface area contributed by atoms with Gasteiger partial charge in [-0.2, -0.15) is 5.10 Å². The summed E-state index contributed by atoms with van der Waals surface area (Å²) in [6, 6.07) is 10.9. The van der Waals surface area contributed by atoms with Crippen LogP contribution in [0.4, 0.5) is 5.82 Å². The number of nitrogens with zero attached hydrogens (tertiary/aromatic N) is 4. The Hall–Kier alpha value is -2.34. The Morgan fingerprint density at radius 2 is 2.08 bits per heavy atom. The van der Waals surface area contributed by atoms with Gasteiger partial charge in [-0.1, -0.05) is 17.7 Å². The third-order valence-electron chi connectivity index (χ3n) is 3.89. The molecule has 0 bridgehead atoms. The molecule has 1 aliphatic heterocycles. The average Bonchev–Trinajstić information content (AvgIpc) is 2.87. The number of rotatable bonds is 4. The quantitative estimate of drug-likeness (QED) is 0.849. The number of hydrogen-bond donors (Lipinski definition) is 0. The molecule has 0 saturated carbocycles. The molecule has 0 spiro atoms. The van der Waals surface area contributed by atoms with Gasteiger partial charge in [0.1, 0.15) is 5.75 Å². The number of ether oxygens (including phenoxy) is 1. The topological polar surface area (TPSA) is 58.6 Å². The van der Waals surface area contributed by atoms with Crippen molar-refractivity contribution in [3.8, 4) is 5.75 Å². The first kappa shape index (κ1) is 16.5. The molecule has 6 nitrogen and oxygen atoms in total. The monoisotopic (exact) mass is 346 g/mol. The average molecular weight is 347 g/mol. The van der Waals surface area contributed by atoms with Gasteiger partial charge in [-0.05, 0) is 36.8 Å². The molecule has 1 aromatic carbocycles. The van der Waals surface area contributed by atoms with Gasteiger partial charge in [-0.3, -0.25) is 4.79 Å².